The van der Waals surface area contributed by atoms with Crippen LogP contribution in [0.5, 0.6) is 0 Å². The summed E-state index contributed by atoms with van der Waals surface area (Å²) < 4.78 is 0. The minimum atomic E-state index is -0.442. The number of halogens is 1. The van der Waals surface area contributed by atoms with Crippen molar-refractivity contribution in [2.24, 2.45) is 0 Å². The van der Waals surface area contributed by atoms with E-state index in [9.17, 15) is 10.1 Å². The van der Waals surface area contributed by atoms with Gasteiger partial charge in [-0.3, -0.25) is 10.1 Å². The van der Waals surface area contributed by atoms with Crippen LogP contribution in [-0.2, 0) is 0 Å². The fourth-order valence-corrected chi connectivity index (χ4v) is 1.53. The topological polar surface area (TPSA) is 43.1 Å². The summed E-state index contributed by atoms with van der Waals surface area (Å²) in [6.45, 7) is 0. The third kappa shape index (κ3) is 1.42. The fraction of sp³-hybridized carbons (Fsp3) is 0. The largest absolute Gasteiger partial charge is 0.278 e. The highest BCUT2D eigenvalue weighted by Gasteiger charge is 2.12. The molecule has 0 aromatic heterocycles. The lowest BCUT2D eigenvalue weighted by Gasteiger charge is -1.99. The van der Waals surface area contributed by atoms with Gasteiger partial charge in [-0.1, -0.05) is 29.8 Å². The first kappa shape index (κ1) is 8.97. The number of hydrogen-bond acceptors (Lipinski definition) is 2. The Morgan fingerprint density at radius 1 is 1.36 bits per heavy atom. The minimum Gasteiger partial charge on any atom is -0.258 e. The Kier molecular flexibility index (Phi) is 2.09. The molecule has 0 unspecified atom stereocenters. The molecule has 0 amide bonds. The summed E-state index contributed by atoms with van der Waals surface area (Å²) in [6.07, 6.45) is 0. The van der Waals surface area contributed by atoms with Gasteiger partial charge < -0.3 is 0 Å². The number of rotatable bonds is 1. The number of non-ortho nitro benzene ring substituents is 1. The molecule has 0 aliphatic rings. The lowest BCUT2D eigenvalue weighted by atomic mass is 10.1. The molecule has 4 heteroatoms. The highest BCUT2D eigenvalue weighted by atomic mass is 35.5. The van der Waals surface area contributed by atoms with E-state index in [4.69, 9.17) is 11.6 Å². The summed E-state index contributed by atoms with van der Waals surface area (Å²) in [5.41, 5.74) is 0.0179. The molecule has 0 bridgehead atoms. The fourth-order valence-electron chi connectivity index (χ4n) is 1.33. The highest BCUT2D eigenvalue weighted by Crippen LogP contribution is 2.28. The molecule has 69 valence electrons. The first-order valence-electron chi connectivity index (χ1n) is 3.93. The van der Waals surface area contributed by atoms with Gasteiger partial charge in [0.1, 0.15) is 0 Å². The number of hydrogen-bond donors (Lipinski definition) is 0. The molecule has 0 N–H and O–H groups in total. The van der Waals surface area contributed by atoms with Crippen molar-refractivity contribution in [3.63, 3.8) is 0 Å². The van der Waals surface area contributed by atoms with Crippen LogP contribution in [0.4, 0.5) is 5.69 Å². The Bertz CT molecular complexity index is 510. The number of nitro benzene ring substituents is 1. The normalized spacial score (nSPS) is 10.4. The van der Waals surface area contributed by atoms with Gasteiger partial charge in [-0.15, -0.1) is 0 Å². The Morgan fingerprint density at radius 2 is 2.07 bits per heavy atom. The second-order valence-corrected chi connectivity index (χ2v) is 3.21. The number of benzene rings is 2. The molecule has 0 heterocycles. The van der Waals surface area contributed by atoms with Gasteiger partial charge in [-0.2, -0.15) is 0 Å². The Labute approximate surface area is 85.1 Å². The first-order chi connectivity index (χ1) is 6.68. The van der Waals surface area contributed by atoms with E-state index in [-0.39, 0.29) is 10.7 Å². The monoisotopic (exact) mass is 206 g/mol. The lowest BCUT2D eigenvalue weighted by molar-refractivity contribution is -0.383. The van der Waals surface area contributed by atoms with Gasteiger partial charge in [-0.05, 0) is 11.5 Å². The third-order valence-corrected chi connectivity index (χ3v) is 2.12. The van der Waals surface area contributed by atoms with Crippen LogP contribution in [-0.4, -0.2) is 4.92 Å². The maximum absolute atomic E-state index is 10.7. The molecule has 3 nitrogen and oxygen atoms in total. The smallest absolute Gasteiger partial charge is 0.258 e. The van der Waals surface area contributed by atoms with Gasteiger partial charge in [0.15, 0.2) is 0 Å². The summed E-state index contributed by atoms with van der Waals surface area (Å²) in [5.74, 6) is 0. The van der Waals surface area contributed by atoms with Crippen molar-refractivity contribution in [1.29, 1.82) is 0 Å². The SMILES string of the molecule is O=[N+]([O-])c1cc(Cl)[c]c2ccccc12. The number of nitrogens with zero attached hydrogens (tertiary/aromatic N) is 1. The number of nitro groups is 1. The highest BCUT2D eigenvalue weighted by molar-refractivity contribution is 6.31. The van der Waals surface area contributed by atoms with E-state index in [1.54, 1.807) is 24.3 Å². The van der Waals surface area contributed by atoms with E-state index in [0.29, 0.717) is 10.8 Å². The van der Waals surface area contributed by atoms with Gasteiger partial charge in [0.05, 0.1) is 15.3 Å². The summed E-state index contributed by atoms with van der Waals surface area (Å²) in [7, 11) is 0. The summed E-state index contributed by atoms with van der Waals surface area (Å²) in [6, 6.07) is 11.1. The van der Waals surface area contributed by atoms with Gasteiger partial charge in [0.25, 0.3) is 5.69 Å². The Morgan fingerprint density at radius 3 is 2.79 bits per heavy atom. The molecular formula is C10H5ClNO2. The molecule has 0 saturated carbocycles. The molecule has 0 atom stereocenters. The van der Waals surface area contributed by atoms with E-state index >= 15 is 0 Å². The second-order valence-electron chi connectivity index (χ2n) is 2.81. The predicted octanol–water partition coefficient (Wildman–Crippen LogP) is 3.20. The van der Waals surface area contributed by atoms with Crippen molar-refractivity contribution in [1.82, 2.24) is 0 Å². The molecule has 1 radical (unpaired) electrons. The van der Waals surface area contributed by atoms with Gasteiger partial charge in [0, 0.05) is 12.1 Å². The van der Waals surface area contributed by atoms with E-state index in [1.807, 2.05) is 0 Å². The zero-order valence-electron chi connectivity index (χ0n) is 7.03. The standard InChI is InChI=1S/C10H5ClNO2/c11-8-5-7-3-1-2-4-9(7)10(6-8)12(13)14/h1-4,6H. The van der Waals surface area contributed by atoms with Crippen molar-refractivity contribution in [2.45, 2.75) is 0 Å². The predicted molar refractivity (Wildman–Crippen MR) is 54.4 cm³/mol. The molecule has 0 spiro atoms. The molecule has 0 aliphatic carbocycles. The summed E-state index contributed by atoms with van der Waals surface area (Å²) >= 11 is 5.71. The van der Waals surface area contributed by atoms with Gasteiger partial charge in [0.2, 0.25) is 0 Å². The van der Waals surface area contributed by atoms with Crippen LogP contribution in [0.25, 0.3) is 10.8 Å². The third-order valence-electron chi connectivity index (χ3n) is 1.92. The zero-order valence-corrected chi connectivity index (χ0v) is 7.78. The van der Waals surface area contributed by atoms with Crippen molar-refractivity contribution in [3.8, 4) is 0 Å². The minimum absolute atomic E-state index is 0.0179. The number of fused-ring (bicyclic) bond motifs is 1. The maximum atomic E-state index is 10.7. The van der Waals surface area contributed by atoms with Crippen molar-refractivity contribution >= 4 is 28.1 Å². The van der Waals surface area contributed by atoms with E-state index in [1.165, 1.54) is 6.07 Å². The van der Waals surface area contributed by atoms with Crippen LogP contribution in [0.2, 0.25) is 5.02 Å². The summed E-state index contributed by atoms with van der Waals surface area (Å²) in [5, 5.41) is 12.2. The van der Waals surface area contributed by atoms with Crippen LogP contribution in [0.3, 0.4) is 0 Å². The van der Waals surface area contributed by atoms with E-state index in [0.717, 1.165) is 0 Å². The lowest BCUT2D eigenvalue weighted by Crippen LogP contribution is -1.89. The molecule has 0 saturated heterocycles. The quantitative estimate of drug-likeness (QED) is 0.531. The van der Waals surface area contributed by atoms with Crippen LogP contribution < -0.4 is 0 Å². The average Bonchev–Trinajstić information content (AvgIpc) is 2.16. The average molecular weight is 207 g/mol. The van der Waals surface area contributed by atoms with Crippen molar-refractivity contribution in [3.05, 3.63) is 51.5 Å². The van der Waals surface area contributed by atoms with Crippen molar-refractivity contribution in [2.75, 3.05) is 0 Å². The van der Waals surface area contributed by atoms with Crippen LogP contribution >= 0.6 is 11.6 Å². The molecule has 2 rings (SSSR count). The van der Waals surface area contributed by atoms with Crippen LogP contribution in [0.15, 0.2) is 30.3 Å². The van der Waals surface area contributed by atoms with Crippen LogP contribution in [0.1, 0.15) is 0 Å². The summed E-state index contributed by atoms with van der Waals surface area (Å²) in [4.78, 5) is 10.3. The molecule has 2 aromatic carbocycles. The molecule has 0 fully saturated rings. The Balaban J connectivity index is 2.87. The molecule has 2 aromatic rings. The Hall–Kier alpha value is -1.61. The van der Waals surface area contributed by atoms with E-state index in [2.05, 4.69) is 6.07 Å². The van der Waals surface area contributed by atoms with Gasteiger partial charge >= 0.3 is 0 Å². The van der Waals surface area contributed by atoms with E-state index < -0.39 is 4.92 Å². The van der Waals surface area contributed by atoms with Gasteiger partial charge in [-0.25, -0.2) is 0 Å². The molecule has 0 aliphatic heterocycles. The van der Waals surface area contributed by atoms with Crippen LogP contribution in [0, 0.1) is 16.2 Å². The molecule has 14 heavy (non-hydrogen) atoms. The zero-order chi connectivity index (χ0) is 10.1. The molecular weight excluding hydrogens is 202 g/mol. The maximum Gasteiger partial charge on any atom is 0.278 e. The van der Waals surface area contributed by atoms with Crippen molar-refractivity contribution < 1.29 is 4.92 Å². The first-order valence-corrected chi connectivity index (χ1v) is 4.31. The second kappa shape index (κ2) is 3.27.